The number of esters is 1. The van der Waals surface area contributed by atoms with Gasteiger partial charge in [-0.15, -0.1) is 0 Å². The molecule has 0 fully saturated rings. The van der Waals surface area contributed by atoms with Gasteiger partial charge in [0, 0.05) is 23.6 Å². The Morgan fingerprint density at radius 1 is 0.918 bits per heavy atom. The molecule has 0 saturated heterocycles. The molecule has 2 atom stereocenters. The second-order valence-corrected chi connectivity index (χ2v) is 11.6. The van der Waals surface area contributed by atoms with Crippen LogP contribution in [0.15, 0.2) is 78.9 Å². The number of carboxylic acids is 1. The number of anilines is 1. The third-order valence-electron chi connectivity index (χ3n) is 6.49. The summed E-state index contributed by atoms with van der Waals surface area (Å²) in [5.74, 6) is -4.42. The summed E-state index contributed by atoms with van der Waals surface area (Å²) < 4.78 is 36.9. The van der Waals surface area contributed by atoms with Crippen molar-refractivity contribution in [2.24, 2.45) is 0 Å². The number of hydrogen-bond donors (Lipinski definition) is 5. The molecule has 16 heteroatoms. The number of nitrogens with zero attached hydrogens (tertiary/aromatic N) is 1. The minimum absolute atomic E-state index is 0.0741. The number of nitrogens with one attached hydrogen (secondary N) is 3. The van der Waals surface area contributed by atoms with Crippen LogP contribution in [0.5, 0.6) is 0 Å². The molecule has 11 nitrogen and oxygen atoms in total. The number of aromatic amines is 1. The molecular formula is C33H31Cl2F3N4O7. The van der Waals surface area contributed by atoms with Crippen LogP contribution in [0, 0.1) is 0 Å². The maximum atomic E-state index is 13.1. The fourth-order valence-corrected chi connectivity index (χ4v) is 4.66. The predicted molar refractivity (Wildman–Crippen MR) is 175 cm³/mol. The molecule has 1 heterocycles. The lowest BCUT2D eigenvalue weighted by Gasteiger charge is -2.22. The number of amides is 2. The van der Waals surface area contributed by atoms with Crippen LogP contribution in [0.3, 0.4) is 0 Å². The van der Waals surface area contributed by atoms with Gasteiger partial charge in [0.15, 0.2) is 11.9 Å². The van der Waals surface area contributed by atoms with Crippen molar-refractivity contribution in [2.45, 2.75) is 51.1 Å². The van der Waals surface area contributed by atoms with E-state index in [0.717, 1.165) is 16.7 Å². The minimum atomic E-state index is -5.08. The standard InChI is InChI=1S/C31H30Cl2N4O5.C2HF3O2/c1-18(2)42-31(41)27(38)16-23(14-19-10-12-20(13-11-19)21-6-5-7-22(32)15-21)34-30(40)26-17-28(37-36-26)35-29(39)24-8-3-4-9-25(24)33;3-2(4,5)1(6)7/h3-13,15,17-18,23,27,38H,14,16H2,1-2H3,(H,34,40)(H2,35,36,37,39);(H,6,7)/t23-,27-;/m1./s1. The number of alkyl halides is 3. The van der Waals surface area contributed by atoms with Crippen molar-refractivity contribution < 1.29 is 47.3 Å². The lowest BCUT2D eigenvalue weighted by molar-refractivity contribution is -0.192. The van der Waals surface area contributed by atoms with Crippen LogP contribution in [-0.2, 0) is 20.7 Å². The van der Waals surface area contributed by atoms with E-state index in [1.165, 1.54) is 6.07 Å². The topological polar surface area (TPSA) is 171 Å². The fraction of sp³-hybridized carbons (Fsp3) is 0.242. The Hall–Kier alpha value is -4.92. The Bertz CT molecular complexity index is 1770. The molecule has 0 aliphatic rings. The number of benzene rings is 3. The number of carbonyl (C=O) groups is 4. The van der Waals surface area contributed by atoms with Crippen LogP contribution < -0.4 is 10.6 Å². The number of rotatable bonds is 11. The molecule has 0 spiro atoms. The normalized spacial score (nSPS) is 12.3. The van der Waals surface area contributed by atoms with Crippen LogP contribution in [0.4, 0.5) is 19.0 Å². The summed E-state index contributed by atoms with van der Waals surface area (Å²) in [6.07, 6.45) is -6.70. The number of aromatic nitrogens is 2. The molecule has 260 valence electrons. The number of aliphatic carboxylic acids is 1. The van der Waals surface area contributed by atoms with Gasteiger partial charge < -0.3 is 25.6 Å². The van der Waals surface area contributed by atoms with Gasteiger partial charge in [0.05, 0.1) is 16.7 Å². The van der Waals surface area contributed by atoms with Crippen molar-refractivity contribution >= 4 is 52.8 Å². The van der Waals surface area contributed by atoms with Crippen LogP contribution in [0.25, 0.3) is 11.1 Å². The van der Waals surface area contributed by atoms with Gasteiger partial charge in [0.25, 0.3) is 11.8 Å². The summed E-state index contributed by atoms with van der Waals surface area (Å²) >= 11 is 12.2. The van der Waals surface area contributed by atoms with Gasteiger partial charge in [-0.25, -0.2) is 9.59 Å². The molecule has 0 radical (unpaired) electrons. The number of halogens is 5. The summed E-state index contributed by atoms with van der Waals surface area (Å²) in [7, 11) is 0. The van der Waals surface area contributed by atoms with Gasteiger partial charge in [-0.3, -0.25) is 14.7 Å². The zero-order valence-electron chi connectivity index (χ0n) is 25.9. The third-order valence-corrected chi connectivity index (χ3v) is 7.05. The van der Waals surface area contributed by atoms with E-state index in [1.807, 2.05) is 42.5 Å². The molecule has 0 bridgehead atoms. The van der Waals surface area contributed by atoms with E-state index < -0.39 is 48.2 Å². The van der Waals surface area contributed by atoms with Crippen molar-refractivity contribution in [3.8, 4) is 11.1 Å². The monoisotopic (exact) mass is 722 g/mol. The van der Waals surface area contributed by atoms with Gasteiger partial charge in [0.2, 0.25) is 0 Å². The lowest BCUT2D eigenvalue weighted by Crippen LogP contribution is -2.41. The Morgan fingerprint density at radius 3 is 2.16 bits per heavy atom. The zero-order chi connectivity index (χ0) is 36.3. The average Bonchev–Trinajstić information content (AvgIpc) is 3.49. The van der Waals surface area contributed by atoms with E-state index in [2.05, 4.69) is 20.8 Å². The second-order valence-electron chi connectivity index (χ2n) is 10.7. The average molecular weight is 724 g/mol. The van der Waals surface area contributed by atoms with Gasteiger partial charge in [0.1, 0.15) is 5.69 Å². The number of aliphatic hydroxyl groups is 1. The quantitative estimate of drug-likeness (QED) is 0.112. The number of aliphatic hydroxyl groups excluding tert-OH is 1. The first-order valence-corrected chi connectivity index (χ1v) is 15.2. The largest absolute Gasteiger partial charge is 0.490 e. The Morgan fingerprint density at radius 2 is 1.57 bits per heavy atom. The van der Waals surface area contributed by atoms with Crippen molar-refractivity contribution in [1.82, 2.24) is 15.5 Å². The maximum absolute atomic E-state index is 13.1. The van der Waals surface area contributed by atoms with Gasteiger partial charge in [-0.2, -0.15) is 18.3 Å². The molecule has 4 rings (SSSR count). The number of hydrogen-bond acceptors (Lipinski definition) is 7. The molecule has 2 amide bonds. The highest BCUT2D eigenvalue weighted by Gasteiger charge is 2.38. The van der Waals surface area contributed by atoms with E-state index in [4.69, 9.17) is 37.8 Å². The van der Waals surface area contributed by atoms with E-state index in [-0.39, 0.29) is 28.5 Å². The molecule has 0 aliphatic heterocycles. The molecule has 0 saturated carbocycles. The minimum Gasteiger partial charge on any atom is -0.475 e. The molecule has 4 aromatic rings. The lowest BCUT2D eigenvalue weighted by atomic mass is 9.97. The van der Waals surface area contributed by atoms with Crippen molar-refractivity contribution in [3.05, 3.63) is 106 Å². The van der Waals surface area contributed by atoms with Crippen molar-refractivity contribution in [3.63, 3.8) is 0 Å². The highest BCUT2D eigenvalue weighted by molar-refractivity contribution is 6.34. The Balaban J connectivity index is 0.000000838. The fourth-order valence-electron chi connectivity index (χ4n) is 4.25. The first-order valence-electron chi connectivity index (χ1n) is 14.5. The molecular weight excluding hydrogens is 692 g/mol. The van der Waals surface area contributed by atoms with E-state index in [1.54, 1.807) is 44.2 Å². The van der Waals surface area contributed by atoms with Crippen LogP contribution in [-0.4, -0.2) is 68.6 Å². The summed E-state index contributed by atoms with van der Waals surface area (Å²) in [4.78, 5) is 46.9. The van der Waals surface area contributed by atoms with Gasteiger partial charge in [-0.1, -0.05) is 71.7 Å². The summed E-state index contributed by atoms with van der Waals surface area (Å²) in [5, 5.41) is 30.6. The van der Waals surface area contributed by atoms with Crippen LogP contribution in [0.1, 0.15) is 46.7 Å². The SMILES string of the molecule is CC(C)OC(=O)[C@H](O)C[C@@H](Cc1ccc(-c2cccc(Cl)c2)cc1)NC(=O)c1cc(NC(=O)c2ccccc2Cl)n[nH]1.O=C(O)C(F)(F)F. The number of H-pyrrole nitrogens is 1. The molecule has 5 N–H and O–H groups in total. The highest BCUT2D eigenvalue weighted by atomic mass is 35.5. The third kappa shape index (κ3) is 12.2. The highest BCUT2D eigenvalue weighted by Crippen LogP contribution is 2.24. The predicted octanol–water partition coefficient (Wildman–Crippen LogP) is 6.31. The Labute approximate surface area is 288 Å². The first-order chi connectivity index (χ1) is 23.0. The summed E-state index contributed by atoms with van der Waals surface area (Å²) in [5.41, 5.74) is 3.13. The van der Waals surface area contributed by atoms with Crippen molar-refractivity contribution in [2.75, 3.05) is 5.32 Å². The first kappa shape index (κ1) is 38.5. The summed E-state index contributed by atoms with van der Waals surface area (Å²) in [6, 6.07) is 22.5. The molecule has 0 unspecified atom stereocenters. The number of carbonyl (C=O) groups excluding carboxylic acids is 3. The number of carboxylic acid groups (broad SMARTS) is 1. The summed E-state index contributed by atoms with van der Waals surface area (Å²) in [6.45, 7) is 3.37. The maximum Gasteiger partial charge on any atom is 0.490 e. The smallest absolute Gasteiger partial charge is 0.475 e. The molecule has 49 heavy (non-hydrogen) atoms. The Kier molecular flexibility index (Phi) is 13.7. The van der Waals surface area contributed by atoms with E-state index in [0.29, 0.717) is 11.4 Å². The molecule has 0 aliphatic carbocycles. The second kappa shape index (κ2) is 17.5. The van der Waals surface area contributed by atoms with Crippen LogP contribution >= 0.6 is 23.2 Å². The van der Waals surface area contributed by atoms with E-state index in [9.17, 15) is 32.7 Å². The van der Waals surface area contributed by atoms with Gasteiger partial charge >= 0.3 is 18.1 Å². The molecule has 1 aromatic heterocycles. The number of ether oxygens (including phenoxy) is 1. The molecule has 3 aromatic carbocycles. The van der Waals surface area contributed by atoms with Crippen molar-refractivity contribution in [1.29, 1.82) is 0 Å². The van der Waals surface area contributed by atoms with E-state index >= 15 is 0 Å². The van der Waals surface area contributed by atoms with Gasteiger partial charge in [-0.05, 0) is 61.2 Å². The van der Waals surface area contributed by atoms with Crippen LogP contribution in [0.2, 0.25) is 10.0 Å². The zero-order valence-corrected chi connectivity index (χ0v) is 27.4.